The molecule has 1 aromatic heterocycles. The highest BCUT2D eigenvalue weighted by Gasteiger charge is 2.11. The van der Waals surface area contributed by atoms with Crippen molar-refractivity contribution in [3.63, 3.8) is 0 Å². The molecule has 24 heavy (non-hydrogen) atoms. The lowest BCUT2D eigenvalue weighted by molar-refractivity contribution is 0.693. The molecule has 5 heteroatoms. The second-order valence-corrected chi connectivity index (χ2v) is 8.24. The lowest BCUT2D eigenvalue weighted by Gasteiger charge is -2.12. The predicted octanol–water partition coefficient (Wildman–Crippen LogP) is 5.99. The minimum absolute atomic E-state index is 0.939. The van der Waals surface area contributed by atoms with Crippen molar-refractivity contribution in [1.82, 2.24) is 9.55 Å². The Hall–Kier alpha value is -1.04. The molecule has 0 saturated carbocycles. The molecule has 0 bridgehead atoms. The molecular formula is C19H18Br2N2S. The summed E-state index contributed by atoms with van der Waals surface area (Å²) in [7, 11) is 0. The molecule has 1 heterocycles. The van der Waals surface area contributed by atoms with E-state index < -0.39 is 0 Å². The summed E-state index contributed by atoms with van der Waals surface area (Å²) in [6.07, 6.45) is 7.74. The first kappa shape index (κ1) is 17.8. The quantitative estimate of drug-likeness (QED) is 0.399. The molecule has 0 aliphatic rings. The number of aromatic nitrogens is 2. The van der Waals surface area contributed by atoms with Crippen LogP contribution in [0.3, 0.4) is 0 Å². The number of halogens is 2. The van der Waals surface area contributed by atoms with Gasteiger partial charge in [-0.3, -0.25) is 0 Å². The van der Waals surface area contributed by atoms with E-state index in [0.717, 1.165) is 29.6 Å². The predicted molar refractivity (Wildman–Crippen MR) is 109 cm³/mol. The van der Waals surface area contributed by atoms with Crippen molar-refractivity contribution in [2.45, 2.75) is 24.3 Å². The lowest BCUT2D eigenvalue weighted by Crippen LogP contribution is -2.00. The minimum atomic E-state index is 0.939. The van der Waals surface area contributed by atoms with Crippen molar-refractivity contribution in [1.29, 1.82) is 0 Å². The zero-order chi connectivity index (χ0) is 16.8. The Morgan fingerprint density at radius 1 is 1.00 bits per heavy atom. The Bertz CT molecular complexity index is 774. The van der Waals surface area contributed by atoms with E-state index in [1.54, 1.807) is 0 Å². The molecule has 0 atom stereocenters. The number of rotatable bonds is 7. The SMILES string of the molecule is Brc1ccc(CCn2ccnc2)c(Br)c1SCCc1ccccc1. The molecule has 0 N–H and O–H groups in total. The molecule has 0 aliphatic heterocycles. The topological polar surface area (TPSA) is 17.8 Å². The third-order valence-electron chi connectivity index (χ3n) is 3.81. The van der Waals surface area contributed by atoms with Crippen LogP contribution in [0.2, 0.25) is 0 Å². The summed E-state index contributed by atoms with van der Waals surface area (Å²) in [4.78, 5) is 5.38. The Kier molecular flexibility index (Phi) is 6.58. The number of hydrogen-bond donors (Lipinski definition) is 0. The van der Waals surface area contributed by atoms with Crippen LogP contribution < -0.4 is 0 Å². The lowest BCUT2D eigenvalue weighted by atomic mass is 10.1. The largest absolute Gasteiger partial charge is 0.337 e. The molecule has 0 spiro atoms. The van der Waals surface area contributed by atoms with Crippen molar-refractivity contribution in [2.75, 3.05) is 5.75 Å². The summed E-state index contributed by atoms with van der Waals surface area (Å²) < 4.78 is 4.46. The van der Waals surface area contributed by atoms with Gasteiger partial charge in [0.1, 0.15) is 0 Å². The van der Waals surface area contributed by atoms with Gasteiger partial charge in [0.15, 0.2) is 0 Å². The summed E-state index contributed by atoms with van der Waals surface area (Å²) >= 11 is 9.39. The van der Waals surface area contributed by atoms with Crippen molar-refractivity contribution in [3.8, 4) is 0 Å². The van der Waals surface area contributed by atoms with Crippen LogP contribution in [-0.4, -0.2) is 15.3 Å². The van der Waals surface area contributed by atoms with E-state index in [4.69, 9.17) is 0 Å². The van der Waals surface area contributed by atoms with Gasteiger partial charge in [-0.25, -0.2) is 4.98 Å². The summed E-state index contributed by atoms with van der Waals surface area (Å²) in [6, 6.07) is 15.0. The van der Waals surface area contributed by atoms with Crippen molar-refractivity contribution < 1.29 is 0 Å². The first-order chi connectivity index (χ1) is 11.7. The van der Waals surface area contributed by atoms with Gasteiger partial charge >= 0.3 is 0 Å². The van der Waals surface area contributed by atoms with E-state index in [1.165, 1.54) is 20.5 Å². The minimum Gasteiger partial charge on any atom is -0.337 e. The number of hydrogen-bond acceptors (Lipinski definition) is 2. The smallest absolute Gasteiger partial charge is 0.0946 e. The fraction of sp³-hybridized carbons (Fsp3) is 0.211. The molecule has 0 radical (unpaired) electrons. The molecule has 124 valence electrons. The maximum Gasteiger partial charge on any atom is 0.0946 e. The number of thioether (sulfide) groups is 1. The van der Waals surface area contributed by atoms with Gasteiger partial charge in [0.2, 0.25) is 0 Å². The normalized spacial score (nSPS) is 10.9. The van der Waals surface area contributed by atoms with Crippen LogP contribution in [0.15, 0.2) is 75.0 Å². The second kappa shape index (κ2) is 8.88. The third kappa shape index (κ3) is 4.74. The van der Waals surface area contributed by atoms with E-state index in [1.807, 2.05) is 30.5 Å². The third-order valence-corrected chi connectivity index (χ3v) is 7.02. The fourth-order valence-electron chi connectivity index (χ4n) is 2.48. The summed E-state index contributed by atoms with van der Waals surface area (Å²) in [5, 5.41) is 0. The second-order valence-electron chi connectivity index (χ2n) is 5.48. The van der Waals surface area contributed by atoms with Crippen LogP contribution in [0.25, 0.3) is 0 Å². The molecule has 2 nitrogen and oxygen atoms in total. The fourth-order valence-corrected chi connectivity index (χ4v) is 5.32. The first-order valence-electron chi connectivity index (χ1n) is 7.83. The van der Waals surface area contributed by atoms with Crippen LogP contribution in [0.5, 0.6) is 0 Å². The first-order valence-corrected chi connectivity index (χ1v) is 10.4. The molecule has 3 rings (SSSR count). The van der Waals surface area contributed by atoms with Gasteiger partial charge in [-0.1, -0.05) is 36.4 Å². The molecular weight excluding hydrogens is 448 g/mol. The standard InChI is InChI=1S/C19H18Br2N2S/c20-17-7-6-16(8-11-23-12-10-22-14-23)18(21)19(17)24-13-9-15-4-2-1-3-5-15/h1-7,10,12,14H,8-9,11,13H2. The van der Waals surface area contributed by atoms with Crippen molar-refractivity contribution >= 4 is 43.6 Å². The molecule has 2 aromatic carbocycles. The number of imidazole rings is 1. The maximum atomic E-state index is 4.10. The average molecular weight is 466 g/mol. The van der Waals surface area contributed by atoms with Crippen LogP contribution in [-0.2, 0) is 19.4 Å². The Morgan fingerprint density at radius 3 is 2.58 bits per heavy atom. The number of benzene rings is 2. The van der Waals surface area contributed by atoms with Gasteiger partial charge in [-0.2, -0.15) is 0 Å². The maximum absolute atomic E-state index is 4.10. The molecule has 0 aliphatic carbocycles. The summed E-state index contributed by atoms with van der Waals surface area (Å²) in [6.45, 7) is 0.939. The highest BCUT2D eigenvalue weighted by molar-refractivity contribution is 9.11. The van der Waals surface area contributed by atoms with Gasteiger partial charge in [-0.05, 0) is 61.9 Å². The molecule has 0 fully saturated rings. The van der Waals surface area contributed by atoms with Crippen LogP contribution in [0.1, 0.15) is 11.1 Å². The Labute approximate surface area is 164 Å². The highest BCUT2D eigenvalue weighted by atomic mass is 79.9. The Balaban J connectivity index is 1.64. The van der Waals surface area contributed by atoms with Gasteiger partial charge < -0.3 is 4.57 Å². The average Bonchev–Trinajstić information content (AvgIpc) is 3.11. The van der Waals surface area contributed by atoms with Gasteiger partial charge in [0, 0.05) is 38.5 Å². The zero-order valence-corrected chi connectivity index (χ0v) is 17.1. The van der Waals surface area contributed by atoms with Crippen molar-refractivity contribution in [2.24, 2.45) is 0 Å². The van der Waals surface area contributed by atoms with Crippen LogP contribution in [0.4, 0.5) is 0 Å². The summed E-state index contributed by atoms with van der Waals surface area (Å²) in [5.41, 5.74) is 2.71. The van der Waals surface area contributed by atoms with E-state index >= 15 is 0 Å². The van der Waals surface area contributed by atoms with Gasteiger partial charge in [0.25, 0.3) is 0 Å². The monoisotopic (exact) mass is 464 g/mol. The molecule has 0 unspecified atom stereocenters. The number of aryl methyl sites for hydroxylation is 3. The van der Waals surface area contributed by atoms with Gasteiger partial charge in [0.05, 0.1) is 6.33 Å². The highest BCUT2D eigenvalue weighted by Crippen LogP contribution is 2.37. The molecule has 0 amide bonds. The molecule has 3 aromatic rings. The van der Waals surface area contributed by atoms with E-state index in [0.29, 0.717) is 0 Å². The van der Waals surface area contributed by atoms with Crippen molar-refractivity contribution in [3.05, 3.63) is 81.3 Å². The van der Waals surface area contributed by atoms with Gasteiger partial charge in [-0.15, -0.1) is 11.8 Å². The van der Waals surface area contributed by atoms with E-state index in [-0.39, 0.29) is 0 Å². The van der Waals surface area contributed by atoms with Crippen LogP contribution in [0, 0.1) is 0 Å². The van der Waals surface area contributed by atoms with E-state index in [2.05, 4.69) is 83.9 Å². The van der Waals surface area contributed by atoms with Crippen LogP contribution >= 0.6 is 43.6 Å². The Morgan fingerprint density at radius 2 is 1.83 bits per heavy atom. The molecule has 0 saturated heterocycles. The summed E-state index contributed by atoms with van der Waals surface area (Å²) in [5.74, 6) is 1.06. The van der Waals surface area contributed by atoms with E-state index in [9.17, 15) is 0 Å². The number of nitrogens with zero attached hydrogens (tertiary/aromatic N) is 2. The zero-order valence-electron chi connectivity index (χ0n) is 13.2.